The molecule has 0 fully saturated rings. The zero-order valence-corrected chi connectivity index (χ0v) is 8.53. The van der Waals surface area contributed by atoms with Crippen LogP contribution in [0, 0.1) is 5.82 Å². The number of halogens is 1. The van der Waals surface area contributed by atoms with E-state index >= 15 is 0 Å². The van der Waals surface area contributed by atoms with Crippen LogP contribution in [0.5, 0.6) is 5.75 Å². The molecule has 1 aromatic carbocycles. The van der Waals surface area contributed by atoms with Crippen molar-refractivity contribution in [2.24, 2.45) is 0 Å². The van der Waals surface area contributed by atoms with E-state index in [4.69, 9.17) is 4.84 Å². The first-order chi connectivity index (χ1) is 7.10. The van der Waals surface area contributed by atoms with Gasteiger partial charge in [-0.1, -0.05) is 0 Å². The van der Waals surface area contributed by atoms with Gasteiger partial charge in [0.2, 0.25) is 0 Å². The second-order valence-electron chi connectivity index (χ2n) is 2.84. The third-order valence-electron chi connectivity index (χ3n) is 1.92. The van der Waals surface area contributed by atoms with E-state index in [2.05, 4.69) is 0 Å². The Hall–Kier alpha value is -1.62. The molecule has 0 spiro atoms. The Morgan fingerprint density at radius 2 is 2.27 bits per heavy atom. The van der Waals surface area contributed by atoms with Crippen LogP contribution in [0.3, 0.4) is 0 Å². The quantitative estimate of drug-likeness (QED) is 0.775. The standard InChI is InChI=1S/C10H12FNO3/c1-3-12(15-2)10(14)8-5-4-7(11)6-9(8)13/h4-6,13H,3H2,1-2H3. The highest BCUT2D eigenvalue weighted by Gasteiger charge is 2.17. The second kappa shape index (κ2) is 4.75. The van der Waals surface area contributed by atoms with E-state index in [1.807, 2.05) is 0 Å². The number of phenolic OH excluding ortho intramolecular Hbond substituents is 1. The minimum absolute atomic E-state index is 0.0140. The summed E-state index contributed by atoms with van der Waals surface area (Å²) < 4.78 is 12.7. The van der Waals surface area contributed by atoms with Crippen LogP contribution in [0.15, 0.2) is 18.2 Å². The summed E-state index contributed by atoms with van der Waals surface area (Å²) in [5.74, 6) is -1.49. The highest BCUT2D eigenvalue weighted by molar-refractivity contribution is 5.96. The van der Waals surface area contributed by atoms with Crippen LogP contribution in [-0.2, 0) is 4.84 Å². The number of hydroxylamine groups is 2. The van der Waals surface area contributed by atoms with Crippen molar-refractivity contribution in [2.75, 3.05) is 13.7 Å². The Bertz CT molecular complexity index is 364. The molecule has 0 aliphatic heterocycles. The second-order valence-corrected chi connectivity index (χ2v) is 2.84. The maximum atomic E-state index is 12.7. The van der Waals surface area contributed by atoms with E-state index in [9.17, 15) is 14.3 Å². The molecule has 0 aliphatic carbocycles. The van der Waals surface area contributed by atoms with Gasteiger partial charge in [0.1, 0.15) is 11.6 Å². The first-order valence-corrected chi connectivity index (χ1v) is 4.44. The molecule has 0 atom stereocenters. The SMILES string of the molecule is CCN(OC)C(=O)c1ccc(F)cc1O. The Morgan fingerprint density at radius 3 is 2.73 bits per heavy atom. The molecule has 0 radical (unpaired) electrons. The number of phenols is 1. The monoisotopic (exact) mass is 213 g/mol. The average molecular weight is 213 g/mol. The van der Waals surface area contributed by atoms with Crippen LogP contribution in [0.4, 0.5) is 4.39 Å². The van der Waals surface area contributed by atoms with Gasteiger partial charge in [0, 0.05) is 12.6 Å². The lowest BCUT2D eigenvalue weighted by molar-refractivity contribution is -0.0916. The Labute approximate surface area is 86.8 Å². The maximum Gasteiger partial charge on any atom is 0.281 e. The number of benzene rings is 1. The molecule has 0 aliphatic rings. The summed E-state index contributed by atoms with van der Waals surface area (Å²) in [4.78, 5) is 16.4. The summed E-state index contributed by atoms with van der Waals surface area (Å²) in [6, 6.07) is 3.21. The van der Waals surface area contributed by atoms with Crippen LogP contribution in [0.1, 0.15) is 17.3 Å². The van der Waals surface area contributed by atoms with Gasteiger partial charge in [-0.3, -0.25) is 9.63 Å². The van der Waals surface area contributed by atoms with Crippen molar-refractivity contribution in [3.8, 4) is 5.75 Å². The van der Waals surface area contributed by atoms with E-state index in [0.29, 0.717) is 6.54 Å². The highest BCUT2D eigenvalue weighted by atomic mass is 19.1. The highest BCUT2D eigenvalue weighted by Crippen LogP contribution is 2.19. The van der Waals surface area contributed by atoms with E-state index < -0.39 is 17.5 Å². The molecule has 5 heteroatoms. The Kier molecular flexibility index (Phi) is 3.62. The molecule has 1 N–H and O–H groups in total. The van der Waals surface area contributed by atoms with Crippen molar-refractivity contribution in [3.05, 3.63) is 29.6 Å². The first kappa shape index (κ1) is 11.5. The van der Waals surface area contributed by atoms with Crippen LogP contribution in [0.2, 0.25) is 0 Å². The molecule has 15 heavy (non-hydrogen) atoms. The number of hydrogen-bond acceptors (Lipinski definition) is 3. The smallest absolute Gasteiger partial charge is 0.281 e. The zero-order valence-electron chi connectivity index (χ0n) is 8.53. The predicted octanol–water partition coefficient (Wildman–Crippen LogP) is 1.55. The largest absolute Gasteiger partial charge is 0.507 e. The maximum absolute atomic E-state index is 12.7. The summed E-state index contributed by atoms with van der Waals surface area (Å²) in [5, 5.41) is 10.4. The van der Waals surface area contributed by atoms with E-state index in [1.165, 1.54) is 13.2 Å². The van der Waals surface area contributed by atoms with Crippen molar-refractivity contribution >= 4 is 5.91 Å². The minimum Gasteiger partial charge on any atom is -0.507 e. The molecule has 82 valence electrons. The summed E-state index contributed by atoms with van der Waals surface area (Å²) >= 11 is 0. The van der Waals surface area contributed by atoms with Gasteiger partial charge < -0.3 is 5.11 Å². The van der Waals surface area contributed by atoms with E-state index in [-0.39, 0.29) is 5.56 Å². The predicted molar refractivity (Wildman–Crippen MR) is 51.8 cm³/mol. The van der Waals surface area contributed by atoms with Crippen LogP contribution >= 0.6 is 0 Å². The zero-order chi connectivity index (χ0) is 11.4. The van der Waals surface area contributed by atoms with Gasteiger partial charge in [-0.2, -0.15) is 0 Å². The lowest BCUT2D eigenvalue weighted by atomic mass is 10.2. The van der Waals surface area contributed by atoms with Gasteiger partial charge in [-0.25, -0.2) is 9.45 Å². The average Bonchev–Trinajstić information content (AvgIpc) is 2.19. The van der Waals surface area contributed by atoms with Gasteiger partial charge in [-0.15, -0.1) is 0 Å². The topological polar surface area (TPSA) is 49.8 Å². The number of carbonyl (C=O) groups is 1. The summed E-state index contributed by atoms with van der Waals surface area (Å²) in [6.07, 6.45) is 0. The Balaban J connectivity index is 3.00. The van der Waals surface area contributed by atoms with Crippen LogP contribution in [0.25, 0.3) is 0 Å². The first-order valence-electron chi connectivity index (χ1n) is 4.44. The van der Waals surface area contributed by atoms with E-state index in [0.717, 1.165) is 17.2 Å². The Morgan fingerprint density at radius 1 is 1.60 bits per heavy atom. The molecule has 0 bridgehead atoms. The number of carbonyl (C=O) groups excluding carboxylic acids is 1. The van der Waals surface area contributed by atoms with Gasteiger partial charge in [-0.05, 0) is 19.1 Å². The minimum atomic E-state index is -0.593. The molecule has 1 amide bonds. The van der Waals surface area contributed by atoms with Gasteiger partial charge >= 0.3 is 0 Å². The van der Waals surface area contributed by atoms with Crippen molar-refractivity contribution in [3.63, 3.8) is 0 Å². The summed E-state index contributed by atoms with van der Waals surface area (Å²) in [7, 11) is 1.35. The fraction of sp³-hybridized carbons (Fsp3) is 0.300. The molecule has 1 aromatic rings. The number of aromatic hydroxyl groups is 1. The number of nitrogens with zero attached hydrogens (tertiary/aromatic N) is 1. The molecule has 0 saturated heterocycles. The molecule has 0 unspecified atom stereocenters. The summed E-state index contributed by atoms with van der Waals surface area (Å²) in [5.41, 5.74) is 0.0140. The van der Waals surface area contributed by atoms with Crippen molar-refractivity contribution < 1.29 is 19.1 Å². The lowest BCUT2D eigenvalue weighted by Crippen LogP contribution is -2.29. The van der Waals surface area contributed by atoms with Gasteiger partial charge in [0.05, 0.1) is 12.7 Å². The summed E-state index contributed by atoms with van der Waals surface area (Å²) in [6.45, 7) is 2.06. The van der Waals surface area contributed by atoms with Gasteiger partial charge in [0.15, 0.2) is 0 Å². The molecular formula is C10H12FNO3. The molecule has 1 rings (SSSR count). The third kappa shape index (κ3) is 2.44. The lowest BCUT2D eigenvalue weighted by Gasteiger charge is -2.17. The van der Waals surface area contributed by atoms with Gasteiger partial charge in [0.25, 0.3) is 5.91 Å². The molecule has 0 saturated carbocycles. The third-order valence-corrected chi connectivity index (χ3v) is 1.92. The van der Waals surface area contributed by atoms with Crippen molar-refractivity contribution in [1.82, 2.24) is 5.06 Å². The number of hydrogen-bond donors (Lipinski definition) is 1. The fourth-order valence-electron chi connectivity index (χ4n) is 1.18. The molecular weight excluding hydrogens is 201 g/mol. The van der Waals surface area contributed by atoms with Crippen LogP contribution < -0.4 is 0 Å². The van der Waals surface area contributed by atoms with Crippen molar-refractivity contribution in [2.45, 2.75) is 6.92 Å². The molecule has 4 nitrogen and oxygen atoms in total. The van der Waals surface area contributed by atoms with Crippen LogP contribution in [-0.4, -0.2) is 29.7 Å². The molecule has 0 heterocycles. The number of amides is 1. The van der Waals surface area contributed by atoms with Crippen molar-refractivity contribution in [1.29, 1.82) is 0 Å². The fourth-order valence-corrected chi connectivity index (χ4v) is 1.18. The normalized spacial score (nSPS) is 10.1. The molecule has 0 aromatic heterocycles. The van der Waals surface area contributed by atoms with E-state index in [1.54, 1.807) is 6.92 Å². The number of rotatable bonds is 3.